The minimum atomic E-state index is -0.152. The smallest absolute Gasteiger partial charge is 0.143 e. The Labute approximate surface area is 343 Å². The molecular formula is C56H37NO. The van der Waals surface area contributed by atoms with Crippen molar-refractivity contribution in [3.63, 3.8) is 0 Å². The van der Waals surface area contributed by atoms with Crippen molar-refractivity contribution in [2.24, 2.45) is 0 Å². The van der Waals surface area contributed by atoms with Gasteiger partial charge in [0.1, 0.15) is 11.2 Å². The largest absolute Gasteiger partial charge is 0.455 e. The molecule has 0 unspecified atom stereocenters. The zero-order valence-electron chi connectivity index (χ0n) is 35.4. The first-order valence-corrected chi connectivity index (χ1v) is 19.5. The summed E-state index contributed by atoms with van der Waals surface area (Å²) in [4.78, 5) is 1.88. The van der Waals surface area contributed by atoms with Gasteiger partial charge in [0.2, 0.25) is 0 Å². The van der Waals surface area contributed by atoms with Gasteiger partial charge in [0.25, 0.3) is 0 Å². The van der Waals surface area contributed by atoms with E-state index in [2.05, 4.69) is 91.0 Å². The maximum Gasteiger partial charge on any atom is 0.143 e. The fourth-order valence-corrected chi connectivity index (χ4v) is 8.29. The van der Waals surface area contributed by atoms with Crippen LogP contribution in [0.1, 0.15) is 5.48 Å². The number of furan rings is 1. The van der Waals surface area contributed by atoms with E-state index in [9.17, 15) is 5.48 Å². The molecule has 0 aliphatic heterocycles. The molecule has 0 spiro atoms. The van der Waals surface area contributed by atoms with E-state index in [1.807, 2.05) is 114 Å². The van der Waals surface area contributed by atoms with Gasteiger partial charge in [0, 0.05) is 22.1 Å². The summed E-state index contributed by atoms with van der Waals surface area (Å²) in [7, 11) is 0. The highest BCUT2D eigenvalue weighted by atomic mass is 16.3. The number of hydrogen-bond acceptors (Lipinski definition) is 2. The molecule has 58 heavy (non-hydrogen) atoms. The van der Waals surface area contributed by atoms with Crippen molar-refractivity contribution >= 4 is 60.5 Å². The lowest BCUT2D eigenvalue weighted by Crippen LogP contribution is -2.10. The van der Waals surface area contributed by atoms with Gasteiger partial charge in [0.15, 0.2) is 0 Å². The predicted octanol–water partition coefficient (Wildman–Crippen LogP) is 16.0. The third kappa shape index (κ3) is 5.91. The van der Waals surface area contributed by atoms with E-state index in [-0.39, 0.29) is 35.4 Å². The lowest BCUT2D eigenvalue weighted by Gasteiger charge is -2.27. The van der Waals surface area contributed by atoms with E-state index >= 15 is 0 Å². The lowest BCUT2D eigenvalue weighted by molar-refractivity contribution is 0.672. The number of benzene rings is 10. The molecule has 10 aromatic carbocycles. The summed E-state index contributed by atoms with van der Waals surface area (Å²) in [6.45, 7) is 0. The number of anilines is 3. The Morgan fingerprint density at radius 3 is 1.79 bits per heavy atom. The Kier molecular flexibility index (Phi) is 7.20. The first-order valence-electron chi connectivity index (χ1n) is 21.5. The second-order valence-corrected chi connectivity index (χ2v) is 14.6. The zero-order chi connectivity index (χ0) is 41.9. The topological polar surface area (TPSA) is 16.4 Å². The van der Waals surface area contributed by atoms with Crippen molar-refractivity contribution in [1.82, 2.24) is 0 Å². The van der Waals surface area contributed by atoms with Crippen LogP contribution in [-0.4, -0.2) is 0 Å². The third-order valence-corrected chi connectivity index (χ3v) is 11.1. The fourth-order valence-electron chi connectivity index (χ4n) is 8.29. The van der Waals surface area contributed by atoms with E-state index in [0.717, 1.165) is 71.3 Å². The van der Waals surface area contributed by atoms with Crippen LogP contribution >= 0.6 is 0 Å². The molecule has 1 aromatic heterocycles. The molecule has 2 nitrogen and oxygen atoms in total. The first kappa shape index (κ1) is 29.6. The van der Waals surface area contributed by atoms with Gasteiger partial charge in [-0.15, -0.1) is 0 Å². The minimum Gasteiger partial charge on any atom is -0.455 e. The van der Waals surface area contributed by atoms with Crippen LogP contribution in [0.5, 0.6) is 0 Å². The highest BCUT2D eigenvalue weighted by Gasteiger charge is 2.21. The van der Waals surface area contributed by atoms with Crippen LogP contribution in [-0.2, 0) is 0 Å². The summed E-state index contributed by atoms with van der Waals surface area (Å²) >= 11 is 0. The van der Waals surface area contributed by atoms with Crippen LogP contribution in [0.4, 0.5) is 17.1 Å². The SMILES string of the molecule is [2H]c1c([2H])c(N(c2cccc(-c3ccc4ccccc4c3)c2)c2cccc3oc4c5ccccc5ccc4c23)c([2H])c([2H])c1-c1ccc(-c2ccccc2)c(-c2ccccc2)c1. The first-order chi connectivity index (χ1) is 30.4. The fraction of sp³-hybridized carbons (Fsp3) is 0. The molecule has 0 N–H and O–H groups in total. The molecule has 0 fully saturated rings. The van der Waals surface area contributed by atoms with Crippen molar-refractivity contribution in [2.45, 2.75) is 0 Å². The van der Waals surface area contributed by atoms with Crippen molar-refractivity contribution in [2.75, 3.05) is 4.90 Å². The van der Waals surface area contributed by atoms with Crippen LogP contribution < -0.4 is 4.90 Å². The minimum absolute atomic E-state index is 0.127. The normalized spacial score (nSPS) is 12.4. The van der Waals surface area contributed by atoms with Gasteiger partial charge in [-0.25, -0.2) is 0 Å². The number of hydrogen-bond donors (Lipinski definition) is 0. The molecule has 272 valence electrons. The van der Waals surface area contributed by atoms with E-state index < -0.39 is 0 Å². The Morgan fingerprint density at radius 2 is 0.983 bits per heavy atom. The maximum absolute atomic E-state index is 9.84. The van der Waals surface area contributed by atoms with Gasteiger partial charge in [-0.1, -0.05) is 170 Å². The second kappa shape index (κ2) is 14.1. The van der Waals surface area contributed by atoms with Gasteiger partial charge < -0.3 is 9.32 Å². The molecule has 0 saturated carbocycles. The van der Waals surface area contributed by atoms with Crippen LogP contribution in [0.15, 0.2) is 229 Å². The highest BCUT2D eigenvalue weighted by Crippen LogP contribution is 2.45. The average molecular weight is 744 g/mol. The zero-order valence-corrected chi connectivity index (χ0v) is 31.4. The molecular weight excluding hydrogens is 703 g/mol. The molecule has 11 aromatic rings. The van der Waals surface area contributed by atoms with Crippen LogP contribution in [0, 0.1) is 0 Å². The highest BCUT2D eigenvalue weighted by molar-refractivity contribution is 6.19. The lowest BCUT2D eigenvalue weighted by atomic mass is 9.91. The van der Waals surface area contributed by atoms with E-state index in [4.69, 9.17) is 4.42 Å². The van der Waals surface area contributed by atoms with Gasteiger partial charge in [0.05, 0.1) is 16.6 Å². The molecule has 0 saturated heterocycles. The summed E-state index contributed by atoms with van der Waals surface area (Å²) < 4.78 is 45.7. The molecule has 0 atom stereocenters. The van der Waals surface area contributed by atoms with Crippen LogP contribution in [0.2, 0.25) is 0 Å². The monoisotopic (exact) mass is 743 g/mol. The third-order valence-electron chi connectivity index (χ3n) is 11.1. The quantitative estimate of drug-likeness (QED) is 0.162. The van der Waals surface area contributed by atoms with Crippen molar-refractivity contribution in [3.8, 4) is 44.5 Å². The number of rotatable bonds is 7. The summed E-state index contributed by atoms with van der Waals surface area (Å²) in [6.07, 6.45) is 0. The maximum atomic E-state index is 9.84. The van der Waals surface area contributed by atoms with Crippen molar-refractivity contribution < 1.29 is 9.90 Å². The molecule has 1 heterocycles. The van der Waals surface area contributed by atoms with E-state index in [1.54, 1.807) is 0 Å². The molecule has 0 amide bonds. The standard InChI is InChI=1S/C56H37NO/c1-3-14-40(15-4-1)49-33-30-46(37-52(49)41-16-5-2-6-17-41)39-27-31-47(32-28-39)57(48-21-11-20-44(36-48)45-26-25-38-13-7-8-19-43(38)35-45)53-23-12-24-54-55(53)51-34-29-42-18-9-10-22-50(42)56(51)58-54/h1-37H/i27D,28D,31D,32D. The van der Waals surface area contributed by atoms with E-state index in [1.165, 1.54) is 0 Å². The average Bonchev–Trinajstić information content (AvgIpc) is 3.73. The summed E-state index contributed by atoms with van der Waals surface area (Å²) in [5, 5.41) is 6.02. The van der Waals surface area contributed by atoms with Gasteiger partial charge in [-0.05, 0) is 115 Å². The number of fused-ring (bicyclic) bond motifs is 6. The predicted molar refractivity (Wildman–Crippen MR) is 245 cm³/mol. The van der Waals surface area contributed by atoms with Gasteiger partial charge in [-0.3, -0.25) is 0 Å². The molecule has 0 aliphatic rings. The Morgan fingerprint density at radius 1 is 0.362 bits per heavy atom. The molecule has 2 heteroatoms. The van der Waals surface area contributed by atoms with Crippen molar-refractivity contribution in [1.29, 1.82) is 0 Å². The molecule has 0 bridgehead atoms. The Bertz CT molecular complexity index is 3500. The van der Waals surface area contributed by atoms with Crippen LogP contribution in [0.3, 0.4) is 0 Å². The summed E-state index contributed by atoms with van der Waals surface area (Å²) in [5.74, 6) is 0. The second-order valence-electron chi connectivity index (χ2n) is 14.6. The summed E-state index contributed by atoms with van der Waals surface area (Å²) in [5.41, 5.74) is 9.72. The molecule has 0 radical (unpaired) electrons. The molecule has 0 aliphatic carbocycles. The Hall–Kier alpha value is -7.68. The van der Waals surface area contributed by atoms with Crippen LogP contribution in [0.25, 0.3) is 88.0 Å². The van der Waals surface area contributed by atoms with Gasteiger partial charge in [-0.2, -0.15) is 0 Å². The van der Waals surface area contributed by atoms with E-state index in [0.29, 0.717) is 22.5 Å². The van der Waals surface area contributed by atoms with Crippen molar-refractivity contribution in [3.05, 3.63) is 224 Å². The number of nitrogens with zero attached hydrogens (tertiary/aromatic N) is 1. The summed E-state index contributed by atoms with van der Waals surface area (Å²) in [6, 6.07) is 66.5. The molecule has 11 rings (SSSR count). The Balaban J connectivity index is 1.15. The van der Waals surface area contributed by atoms with Gasteiger partial charge >= 0.3 is 0 Å².